The maximum Gasteiger partial charge on any atom is 0.0621 e. The van der Waals surface area contributed by atoms with Gasteiger partial charge in [-0.25, -0.2) is 0 Å². The van der Waals surface area contributed by atoms with Crippen LogP contribution in [0.25, 0.3) is 0 Å². The lowest BCUT2D eigenvalue weighted by Gasteiger charge is -2.58. The highest BCUT2D eigenvalue weighted by atomic mass is 28.3. The van der Waals surface area contributed by atoms with Crippen LogP contribution in [0.4, 0.5) is 0 Å². The summed E-state index contributed by atoms with van der Waals surface area (Å²) in [7, 11) is -1.39. The first-order chi connectivity index (χ1) is 10.6. The summed E-state index contributed by atoms with van der Waals surface area (Å²) in [6.07, 6.45) is 10.3. The van der Waals surface area contributed by atoms with Gasteiger partial charge >= 0.3 is 0 Å². The molecule has 2 fully saturated rings. The normalized spacial score (nSPS) is 30.8. The van der Waals surface area contributed by atoms with Crippen molar-refractivity contribution in [3.05, 3.63) is 0 Å². The van der Waals surface area contributed by atoms with E-state index in [9.17, 15) is 0 Å². The van der Waals surface area contributed by atoms with E-state index >= 15 is 0 Å². The summed E-state index contributed by atoms with van der Waals surface area (Å²) in [5.74, 6) is 0. The molecule has 0 amide bonds. The zero-order chi connectivity index (χ0) is 18.6. The van der Waals surface area contributed by atoms with Gasteiger partial charge in [-0.3, -0.25) is 0 Å². The molecule has 0 aliphatic heterocycles. The van der Waals surface area contributed by atoms with Crippen molar-refractivity contribution in [2.75, 3.05) is 0 Å². The van der Waals surface area contributed by atoms with Crippen LogP contribution in [0.1, 0.15) is 107 Å². The van der Waals surface area contributed by atoms with Crippen molar-refractivity contribution >= 4 is 8.07 Å². The SMILES string of the molecule is CC1(C)CCC([Si@](C)(C2CC(C)(C)CC(C)(C)C2)C(C)(C)C)CC1. The number of rotatable bonds is 2. The fourth-order valence-corrected chi connectivity index (χ4v) is 13.4. The molecule has 0 unspecified atom stereocenters. The lowest BCUT2D eigenvalue weighted by molar-refractivity contribution is 0.110. The fourth-order valence-electron chi connectivity index (χ4n) is 6.83. The molecule has 2 aliphatic rings. The molecule has 0 aromatic carbocycles. The Morgan fingerprint density at radius 3 is 1.50 bits per heavy atom. The summed E-state index contributed by atoms with van der Waals surface area (Å²) in [6, 6.07) is 0. The Bertz CT molecular complexity index is 425. The summed E-state index contributed by atoms with van der Waals surface area (Å²) >= 11 is 0. The van der Waals surface area contributed by atoms with E-state index < -0.39 is 8.07 Å². The number of hydrogen-bond donors (Lipinski definition) is 0. The second-order valence-electron chi connectivity index (χ2n) is 13.1. The molecule has 2 aliphatic carbocycles. The highest BCUT2D eigenvalue weighted by Gasteiger charge is 2.55. The largest absolute Gasteiger partial charge is 0.0684 e. The second kappa shape index (κ2) is 6.14. The Balaban J connectivity index is 2.35. The summed E-state index contributed by atoms with van der Waals surface area (Å²) in [6.45, 7) is 25.8. The first-order valence-electron chi connectivity index (χ1n) is 10.6. The molecule has 2 saturated carbocycles. The predicted octanol–water partition coefficient (Wildman–Crippen LogP) is 8.44. The highest BCUT2D eigenvalue weighted by molar-refractivity contribution is 6.84. The molecule has 0 bridgehead atoms. The first kappa shape index (κ1) is 20.5. The van der Waals surface area contributed by atoms with Gasteiger partial charge in [-0.2, -0.15) is 0 Å². The van der Waals surface area contributed by atoms with Crippen LogP contribution in [0.15, 0.2) is 0 Å². The van der Waals surface area contributed by atoms with Crippen molar-refractivity contribution in [2.24, 2.45) is 16.2 Å². The van der Waals surface area contributed by atoms with Crippen LogP contribution in [0.2, 0.25) is 22.7 Å². The molecule has 0 aromatic rings. The summed E-state index contributed by atoms with van der Waals surface area (Å²) in [5.41, 5.74) is 3.69. The lowest BCUT2D eigenvalue weighted by atomic mass is 9.65. The molecule has 0 aromatic heterocycles. The monoisotopic (exact) mass is 350 g/mol. The Hall–Kier alpha value is 0.217. The third kappa shape index (κ3) is 4.13. The lowest BCUT2D eigenvalue weighted by Crippen LogP contribution is -2.54. The van der Waals surface area contributed by atoms with Crippen LogP contribution >= 0.6 is 0 Å². The molecule has 1 heteroatoms. The maximum absolute atomic E-state index is 2.82. The van der Waals surface area contributed by atoms with Gasteiger partial charge in [0.1, 0.15) is 0 Å². The van der Waals surface area contributed by atoms with Crippen molar-refractivity contribution in [1.82, 2.24) is 0 Å². The van der Waals surface area contributed by atoms with E-state index in [2.05, 4.69) is 68.9 Å². The molecule has 0 N–H and O–H groups in total. The molecule has 0 radical (unpaired) electrons. The van der Waals surface area contributed by atoms with Gasteiger partial charge in [0.25, 0.3) is 0 Å². The average molecular weight is 351 g/mol. The van der Waals surface area contributed by atoms with Crippen LogP contribution in [0.5, 0.6) is 0 Å². The summed E-state index contributed by atoms with van der Waals surface area (Å²) in [4.78, 5) is 0. The molecule has 142 valence electrons. The predicted molar refractivity (Wildman–Crippen MR) is 112 cm³/mol. The highest BCUT2D eigenvalue weighted by Crippen LogP contribution is 2.63. The quantitative estimate of drug-likeness (QED) is 0.438. The number of hydrogen-bond acceptors (Lipinski definition) is 0. The van der Waals surface area contributed by atoms with E-state index in [1.165, 1.54) is 44.9 Å². The van der Waals surface area contributed by atoms with Crippen LogP contribution in [-0.2, 0) is 0 Å². The third-order valence-corrected chi connectivity index (χ3v) is 15.8. The molecular weight excluding hydrogens is 304 g/mol. The van der Waals surface area contributed by atoms with Crippen molar-refractivity contribution in [3.8, 4) is 0 Å². The Labute approximate surface area is 154 Å². The second-order valence-corrected chi connectivity index (χ2v) is 18.8. The zero-order valence-electron chi connectivity index (χ0n) is 18.6. The van der Waals surface area contributed by atoms with Crippen LogP contribution < -0.4 is 0 Å². The maximum atomic E-state index is 2.82. The van der Waals surface area contributed by atoms with Crippen LogP contribution in [0, 0.1) is 16.2 Å². The van der Waals surface area contributed by atoms with Gasteiger partial charge in [-0.1, -0.05) is 81.7 Å². The van der Waals surface area contributed by atoms with E-state index in [0.717, 1.165) is 11.1 Å². The molecule has 0 nitrogen and oxygen atoms in total. The van der Waals surface area contributed by atoms with Crippen molar-refractivity contribution in [2.45, 2.75) is 130 Å². The van der Waals surface area contributed by atoms with Gasteiger partial charge in [-0.05, 0) is 64.5 Å². The summed E-state index contributed by atoms with van der Waals surface area (Å²) < 4.78 is 0. The van der Waals surface area contributed by atoms with Crippen molar-refractivity contribution in [3.63, 3.8) is 0 Å². The van der Waals surface area contributed by atoms with Gasteiger partial charge < -0.3 is 0 Å². The first-order valence-corrected chi connectivity index (χ1v) is 13.2. The van der Waals surface area contributed by atoms with Gasteiger partial charge in [0.05, 0.1) is 8.07 Å². The minimum absolute atomic E-state index is 0.521. The average Bonchev–Trinajstić information content (AvgIpc) is 2.32. The Kier molecular flexibility index (Phi) is 5.25. The van der Waals surface area contributed by atoms with Gasteiger partial charge in [0.15, 0.2) is 0 Å². The van der Waals surface area contributed by atoms with Gasteiger partial charge in [0, 0.05) is 0 Å². The van der Waals surface area contributed by atoms with E-state index in [1.54, 1.807) is 0 Å². The van der Waals surface area contributed by atoms with E-state index in [-0.39, 0.29) is 0 Å². The molecule has 0 saturated heterocycles. The standard InChI is InChI=1S/C23H46Si/c1-20(2,3)24(10,18-11-13-21(4,5)14-12-18)19-15-22(6,7)17-23(8,9)16-19/h18-19H,11-17H2,1-10H3/t24-/m1/s1. The Morgan fingerprint density at radius 1 is 0.708 bits per heavy atom. The molecule has 2 rings (SSSR count). The van der Waals surface area contributed by atoms with Crippen molar-refractivity contribution < 1.29 is 0 Å². The van der Waals surface area contributed by atoms with Crippen molar-refractivity contribution in [1.29, 1.82) is 0 Å². The topological polar surface area (TPSA) is 0 Å². The fraction of sp³-hybridized carbons (Fsp3) is 1.00. The van der Waals surface area contributed by atoms with E-state index in [1.807, 2.05) is 0 Å². The van der Waals surface area contributed by atoms with Crippen LogP contribution in [-0.4, -0.2) is 8.07 Å². The van der Waals surface area contributed by atoms with E-state index in [0.29, 0.717) is 21.3 Å². The zero-order valence-corrected chi connectivity index (χ0v) is 19.6. The summed E-state index contributed by atoms with van der Waals surface area (Å²) in [5, 5.41) is 0.521. The molecule has 0 heterocycles. The van der Waals surface area contributed by atoms with E-state index in [4.69, 9.17) is 0 Å². The minimum atomic E-state index is -1.39. The van der Waals surface area contributed by atoms with Gasteiger partial charge in [0.2, 0.25) is 0 Å². The molecule has 1 atom stereocenters. The molecule has 0 spiro atoms. The molecular formula is C23H46Si. The minimum Gasteiger partial charge on any atom is -0.0684 e. The Morgan fingerprint density at radius 2 is 1.12 bits per heavy atom. The van der Waals surface area contributed by atoms with Gasteiger partial charge in [-0.15, -0.1) is 0 Å². The van der Waals surface area contributed by atoms with Crippen LogP contribution in [0.3, 0.4) is 0 Å². The molecule has 24 heavy (non-hydrogen) atoms. The third-order valence-electron chi connectivity index (χ3n) is 8.21. The smallest absolute Gasteiger partial charge is 0.0621 e.